The smallest absolute Gasteiger partial charge is 0.144 e. The summed E-state index contributed by atoms with van der Waals surface area (Å²) in [6.07, 6.45) is 2.25. The van der Waals surface area contributed by atoms with Crippen molar-refractivity contribution in [2.45, 2.75) is 25.7 Å². The van der Waals surface area contributed by atoms with Gasteiger partial charge in [-0.3, -0.25) is 9.80 Å². The van der Waals surface area contributed by atoms with Gasteiger partial charge in [-0.25, -0.2) is 4.99 Å². The molecule has 1 atom stereocenters. The standard InChI is InChI=1S/C28H32N6S/c29-27-26-24-11-12-32(19-22-7-3-1-4-8-22)20-25(24)35-28(26)30-21-34(27)18-15-31-13-16-33(17-14-31)23-9-5-2-6-10-23/h1-10,21,27H,11-20H2. The van der Waals surface area contributed by atoms with Crippen molar-refractivity contribution >= 4 is 28.4 Å². The van der Waals surface area contributed by atoms with Gasteiger partial charge in [0, 0.05) is 75.0 Å². The van der Waals surface area contributed by atoms with Crippen molar-refractivity contribution in [3.05, 3.63) is 82.2 Å². The van der Waals surface area contributed by atoms with Crippen LogP contribution in [0, 0.1) is 0 Å². The lowest BCUT2D eigenvalue weighted by atomic mass is 9.99. The summed E-state index contributed by atoms with van der Waals surface area (Å²) in [7, 11) is 0. The quantitative estimate of drug-likeness (QED) is 0.527. The van der Waals surface area contributed by atoms with Crippen LogP contribution in [0.2, 0.25) is 0 Å². The average Bonchev–Trinajstić information content (AvgIpc) is 3.28. The third kappa shape index (κ3) is 4.86. The maximum Gasteiger partial charge on any atom is 0.144 e. The molecule has 4 heterocycles. The fourth-order valence-electron chi connectivity index (χ4n) is 5.47. The van der Waals surface area contributed by atoms with E-state index in [-0.39, 0.29) is 0 Å². The number of aliphatic imine (C=N–C) groups is 1. The molecule has 1 unspecified atom stereocenters. The van der Waals surface area contributed by atoms with Gasteiger partial charge in [-0.15, -0.1) is 17.1 Å². The van der Waals surface area contributed by atoms with E-state index in [4.69, 9.17) is 4.99 Å². The summed E-state index contributed by atoms with van der Waals surface area (Å²) >= 11 is 1.76. The Balaban J connectivity index is 1.05. The van der Waals surface area contributed by atoms with Crippen LogP contribution in [0.15, 0.2) is 65.7 Å². The maximum absolute atomic E-state index is 11.3. The fourth-order valence-corrected chi connectivity index (χ4v) is 6.72. The van der Waals surface area contributed by atoms with Crippen molar-refractivity contribution in [1.29, 1.82) is 0 Å². The molecule has 1 fully saturated rings. The van der Waals surface area contributed by atoms with Crippen LogP contribution in [0.1, 0.15) is 27.7 Å². The van der Waals surface area contributed by atoms with Crippen LogP contribution >= 0.6 is 11.3 Å². The van der Waals surface area contributed by atoms with Crippen LogP contribution in [0.5, 0.6) is 0 Å². The molecule has 1 saturated heterocycles. The van der Waals surface area contributed by atoms with Gasteiger partial charge in [-0.05, 0) is 29.7 Å². The normalized spacial score (nSPS) is 20.7. The van der Waals surface area contributed by atoms with Crippen LogP contribution in [0.25, 0.3) is 0 Å². The molecule has 0 spiro atoms. The highest BCUT2D eigenvalue weighted by Crippen LogP contribution is 2.44. The largest absolute Gasteiger partial charge is 0.369 e. The zero-order valence-corrected chi connectivity index (χ0v) is 20.9. The number of nitrogens with zero attached hydrogens (tertiary/aromatic N) is 6. The van der Waals surface area contributed by atoms with Gasteiger partial charge in [-0.2, -0.15) is 0 Å². The molecular weight excluding hydrogens is 452 g/mol. The Hall–Kier alpha value is -2.71. The molecule has 2 radical (unpaired) electrons. The van der Waals surface area contributed by atoms with E-state index in [1.54, 1.807) is 11.3 Å². The molecule has 7 heteroatoms. The number of anilines is 1. The summed E-state index contributed by atoms with van der Waals surface area (Å²) in [5, 5.41) is 0.997. The molecule has 0 bridgehead atoms. The lowest BCUT2D eigenvalue weighted by Crippen LogP contribution is -2.49. The molecule has 6 rings (SSSR count). The highest BCUT2D eigenvalue weighted by Gasteiger charge is 2.32. The Labute approximate surface area is 212 Å². The Morgan fingerprint density at radius 2 is 1.60 bits per heavy atom. The van der Waals surface area contributed by atoms with Crippen molar-refractivity contribution in [2.24, 2.45) is 4.99 Å². The van der Waals surface area contributed by atoms with Gasteiger partial charge in [0.1, 0.15) is 11.2 Å². The van der Waals surface area contributed by atoms with E-state index >= 15 is 0 Å². The average molecular weight is 485 g/mol. The second kappa shape index (κ2) is 10.1. The van der Waals surface area contributed by atoms with E-state index in [0.717, 1.165) is 75.9 Å². The van der Waals surface area contributed by atoms with E-state index in [2.05, 4.69) is 75.4 Å². The van der Waals surface area contributed by atoms with E-state index in [1.807, 2.05) is 11.2 Å². The van der Waals surface area contributed by atoms with Crippen molar-refractivity contribution < 1.29 is 0 Å². The Bertz CT molecular complexity index is 1150. The molecule has 35 heavy (non-hydrogen) atoms. The highest BCUT2D eigenvalue weighted by atomic mass is 32.1. The second-order valence-electron chi connectivity index (χ2n) is 9.69. The first-order valence-electron chi connectivity index (χ1n) is 12.7. The van der Waals surface area contributed by atoms with Crippen LogP contribution in [0.3, 0.4) is 0 Å². The third-order valence-electron chi connectivity index (χ3n) is 7.47. The summed E-state index contributed by atoms with van der Waals surface area (Å²) in [4.78, 5) is 15.6. The molecule has 3 aromatic rings. The predicted octanol–water partition coefficient (Wildman–Crippen LogP) is 4.17. The number of benzene rings is 2. The van der Waals surface area contributed by atoms with Gasteiger partial charge in [0.15, 0.2) is 0 Å². The molecule has 0 amide bonds. The van der Waals surface area contributed by atoms with E-state index < -0.39 is 6.17 Å². The predicted molar refractivity (Wildman–Crippen MR) is 143 cm³/mol. The second-order valence-corrected chi connectivity index (χ2v) is 10.8. The first-order valence-corrected chi connectivity index (χ1v) is 13.5. The van der Waals surface area contributed by atoms with Gasteiger partial charge in [0.25, 0.3) is 0 Å². The number of hydrogen-bond donors (Lipinski definition) is 0. The molecule has 2 aromatic carbocycles. The molecule has 6 nitrogen and oxygen atoms in total. The Morgan fingerprint density at radius 3 is 2.37 bits per heavy atom. The number of para-hydroxylation sites is 1. The zero-order chi connectivity index (χ0) is 23.6. The SMILES string of the molecule is [N]C1c2c(sc3c2CCN(Cc2ccccc2)C3)N=CN1CCN1CCN(c2ccccc2)CC1. The number of thiophene rings is 1. The van der Waals surface area contributed by atoms with Gasteiger partial charge in [-0.1, -0.05) is 48.5 Å². The van der Waals surface area contributed by atoms with Gasteiger partial charge in [0.2, 0.25) is 0 Å². The molecule has 180 valence electrons. The topological polar surface area (TPSA) is 47.6 Å². The molecule has 0 saturated carbocycles. The van der Waals surface area contributed by atoms with Crippen molar-refractivity contribution in [1.82, 2.24) is 20.4 Å². The van der Waals surface area contributed by atoms with E-state index in [9.17, 15) is 5.73 Å². The highest BCUT2D eigenvalue weighted by molar-refractivity contribution is 7.16. The number of hydrogen-bond acceptors (Lipinski definition) is 6. The summed E-state index contributed by atoms with van der Waals surface area (Å²) in [6.45, 7) is 8.85. The van der Waals surface area contributed by atoms with Crippen LogP contribution in [0.4, 0.5) is 10.7 Å². The van der Waals surface area contributed by atoms with E-state index in [1.165, 1.54) is 21.7 Å². The maximum atomic E-state index is 11.3. The summed E-state index contributed by atoms with van der Waals surface area (Å²) in [5.74, 6) is 0. The Morgan fingerprint density at radius 1 is 0.857 bits per heavy atom. The third-order valence-corrected chi connectivity index (χ3v) is 8.61. The van der Waals surface area contributed by atoms with Gasteiger partial charge < -0.3 is 9.80 Å². The summed E-state index contributed by atoms with van der Waals surface area (Å²) < 4.78 is 0. The Kier molecular flexibility index (Phi) is 6.57. The first-order chi connectivity index (χ1) is 17.2. The minimum Gasteiger partial charge on any atom is -0.369 e. The zero-order valence-electron chi connectivity index (χ0n) is 20.1. The summed E-state index contributed by atoms with van der Waals surface area (Å²) in [5.41, 5.74) is 16.3. The number of piperazine rings is 1. The summed E-state index contributed by atoms with van der Waals surface area (Å²) in [6, 6.07) is 21.4. The molecule has 1 aromatic heterocycles. The van der Waals surface area contributed by atoms with Gasteiger partial charge in [0.05, 0.1) is 6.34 Å². The van der Waals surface area contributed by atoms with Crippen LogP contribution in [-0.4, -0.2) is 66.9 Å². The number of rotatable bonds is 6. The molecular formula is C28H32N6S. The number of fused-ring (bicyclic) bond motifs is 3. The van der Waals surface area contributed by atoms with Gasteiger partial charge >= 0.3 is 0 Å². The molecule has 0 aliphatic carbocycles. The molecule has 0 N–H and O–H groups in total. The van der Waals surface area contributed by atoms with Crippen LogP contribution in [-0.2, 0) is 19.5 Å². The lowest BCUT2D eigenvalue weighted by molar-refractivity contribution is 0.214. The molecule has 3 aliphatic rings. The lowest BCUT2D eigenvalue weighted by Gasteiger charge is -2.37. The van der Waals surface area contributed by atoms with Crippen LogP contribution < -0.4 is 10.6 Å². The van der Waals surface area contributed by atoms with Crippen molar-refractivity contribution in [3.63, 3.8) is 0 Å². The minimum absolute atomic E-state index is 0.589. The van der Waals surface area contributed by atoms with Crippen molar-refractivity contribution in [3.8, 4) is 0 Å². The van der Waals surface area contributed by atoms with E-state index in [0.29, 0.717) is 0 Å². The fraction of sp³-hybridized carbons (Fsp3) is 0.393. The molecule has 3 aliphatic heterocycles. The van der Waals surface area contributed by atoms with Crippen molar-refractivity contribution in [2.75, 3.05) is 50.7 Å². The first kappa shape index (κ1) is 22.7. The minimum atomic E-state index is -0.589. The monoisotopic (exact) mass is 484 g/mol.